The van der Waals surface area contributed by atoms with E-state index in [-0.39, 0.29) is 0 Å². The van der Waals surface area contributed by atoms with Crippen LogP contribution in [-0.2, 0) is 0 Å². The Hall–Kier alpha value is -3.54. The van der Waals surface area contributed by atoms with Crippen LogP contribution in [0.3, 0.4) is 0 Å². The lowest BCUT2D eigenvalue weighted by molar-refractivity contribution is 0.100. The molecule has 0 aliphatic rings. The summed E-state index contributed by atoms with van der Waals surface area (Å²) in [4.78, 5) is 24.1. The van der Waals surface area contributed by atoms with Crippen molar-refractivity contribution >= 4 is 47.2 Å². The van der Waals surface area contributed by atoms with Crippen molar-refractivity contribution in [1.29, 1.82) is 0 Å². The molecule has 0 aliphatic carbocycles. The van der Waals surface area contributed by atoms with Gasteiger partial charge in [-0.1, -0.05) is 12.6 Å². The summed E-state index contributed by atoms with van der Waals surface area (Å²) in [5.74, 6) is 0.120. The number of carbonyl (C=O) groups is 1. The van der Waals surface area contributed by atoms with Gasteiger partial charge in [0.2, 0.25) is 5.91 Å². The highest BCUT2D eigenvalue weighted by Gasteiger charge is 2.06. The lowest BCUT2D eigenvalue weighted by Crippen LogP contribution is -2.28. The Morgan fingerprint density at radius 1 is 1.36 bits per heavy atom. The number of fused-ring (bicyclic) bond motifs is 1. The maximum absolute atomic E-state index is 11.4. The number of aliphatic imine (C=N–C) groups is 1. The van der Waals surface area contributed by atoms with Gasteiger partial charge >= 0.3 is 0 Å². The number of pyridine rings is 2. The number of aromatic nitrogens is 2. The smallest absolute Gasteiger partial charge is 0.248 e. The van der Waals surface area contributed by atoms with Crippen molar-refractivity contribution in [2.45, 2.75) is 0 Å². The predicted octanol–water partition coefficient (Wildman–Crippen LogP) is 1.36. The van der Waals surface area contributed by atoms with Crippen LogP contribution in [0.25, 0.3) is 23.6 Å². The maximum atomic E-state index is 11.4. The minimum absolute atomic E-state index is 0.419. The van der Waals surface area contributed by atoms with Gasteiger partial charge < -0.3 is 11.1 Å². The number of anilines is 2. The fourth-order valence-electron chi connectivity index (χ4n) is 2.51. The molecule has 1 aromatic carbocycles. The molecule has 3 N–H and O–H groups in total. The lowest BCUT2D eigenvalue weighted by atomic mass is 10.1. The SMILES string of the molecule is C=c1/c(=C\C=NC)c(Nc2cccc(C(N)=O)c2)nc2cnccc12. The van der Waals surface area contributed by atoms with Gasteiger partial charge in [0.15, 0.2) is 0 Å². The summed E-state index contributed by atoms with van der Waals surface area (Å²) >= 11 is 0. The number of primary amides is 1. The number of nitrogens with zero attached hydrogens (tertiary/aromatic N) is 3. The molecule has 124 valence electrons. The van der Waals surface area contributed by atoms with Gasteiger partial charge in [-0.15, -0.1) is 0 Å². The molecule has 0 aliphatic heterocycles. The highest BCUT2D eigenvalue weighted by Crippen LogP contribution is 2.15. The van der Waals surface area contributed by atoms with E-state index < -0.39 is 5.91 Å². The average molecular weight is 331 g/mol. The van der Waals surface area contributed by atoms with Crippen molar-refractivity contribution in [1.82, 2.24) is 9.97 Å². The highest BCUT2D eigenvalue weighted by atomic mass is 16.1. The molecule has 2 heterocycles. The van der Waals surface area contributed by atoms with Crippen LogP contribution >= 0.6 is 0 Å². The van der Waals surface area contributed by atoms with E-state index in [4.69, 9.17) is 5.73 Å². The van der Waals surface area contributed by atoms with Crippen molar-refractivity contribution in [3.63, 3.8) is 0 Å². The largest absolute Gasteiger partial charge is 0.366 e. The van der Waals surface area contributed by atoms with Gasteiger partial charge in [0.1, 0.15) is 5.82 Å². The molecule has 6 heteroatoms. The molecule has 0 fully saturated rings. The second kappa shape index (κ2) is 6.92. The zero-order valence-electron chi connectivity index (χ0n) is 13.7. The van der Waals surface area contributed by atoms with Crippen LogP contribution in [0.2, 0.25) is 0 Å². The standard InChI is InChI=1S/C19H17N5O/c1-12-15-7-9-22-11-17(15)24-19(16(12)6-8-21-2)23-14-5-3-4-13(10-14)18(20)25/h3-11H,1H2,2H3,(H2,20,25)(H,23,24)/b16-6+,21-8?. The maximum Gasteiger partial charge on any atom is 0.248 e. The normalized spacial score (nSPS) is 12.0. The molecular formula is C19H17N5O. The van der Waals surface area contributed by atoms with Crippen LogP contribution < -0.4 is 21.5 Å². The monoisotopic (exact) mass is 331 g/mol. The molecule has 2 aromatic heterocycles. The zero-order chi connectivity index (χ0) is 17.8. The van der Waals surface area contributed by atoms with Crippen LogP contribution in [0, 0.1) is 0 Å². The van der Waals surface area contributed by atoms with Crippen LogP contribution in [0.15, 0.2) is 47.7 Å². The molecule has 1 amide bonds. The molecule has 6 nitrogen and oxygen atoms in total. The molecule has 0 bridgehead atoms. The molecule has 3 aromatic rings. The van der Waals surface area contributed by atoms with Gasteiger partial charge in [-0.25, -0.2) is 4.98 Å². The van der Waals surface area contributed by atoms with Crippen LogP contribution in [0.4, 0.5) is 11.5 Å². The molecule has 0 saturated carbocycles. The van der Waals surface area contributed by atoms with Crippen molar-refractivity contribution in [3.05, 3.63) is 58.7 Å². The number of nitrogens with one attached hydrogen (secondary N) is 1. The fraction of sp³-hybridized carbons (Fsp3) is 0.0526. The number of hydrogen-bond donors (Lipinski definition) is 2. The van der Waals surface area contributed by atoms with Crippen LogP contribution in [-0.4, -0.2) is 29.1 Å². The topological polar surface area (TPSA) is 93.3 Å². The predicted molar refractivity (Wildman–Crippen MR) is 101 cm³/mol. The highest BCUT2D eigenvalue weighted by molar-refractivity contribution is 5.95. The van der Waals surface area contributed by atoms with E-state index in [0.717, 1.165) is 21.3 Å². The molecule has 0 radical (unpaired) electrons. The fourth-order valence-corrected chi connectivity index (χ4v) is 2.51. The number of hydrogen-bond acceptors (Lipinski definition) is 5. The first-order chi connectivity index (χ1) is 12.1. The molecule has 3 rings (SSSR count). The first kappa shape index (κ1) is 16.3. The third-order valence-corrected chi connectivity index (χ3v) is 3.74. The van der Waals surface area contributed by atoms with Gasteiger partial charge in [0, 0.05) is 41.3 Å². The third kappa shape index (κ3) is 3.37. The van der Waals surface area contributed by atoms with E-state index in [0.29, 0.717) is 17.1 Å². The van der Waals surface area contributed by atoms with Gasteiger partial charge in [0.05, 0.1) is 11.7 Å². The average Bonchev–Trinajstić information content (AvgIpc) is 2.62. The van der Waals surface area contributed by atoms with Crippen molar-refractivity contribution in [2.24, 2.45) is 10.7 Å². The summed E-state index contributed by atoms with van der Waals surface area (Å²) in [5.41, 5.74) is 7.20. The van der Waals surface area contributed by atoms with Crippen LogP contribution in [0.5, 0.6) is 0 Å². The van der Waals surface area contributed by atoms with Crippen molar-refractivity contribution in [2.75, 3.05) is 12.4 Å². The van der Waals surface area contributed by atoms with Gasteiger partial charge in [-0.3, -0.25) is 14.8 Å². The molecular weight excluding hydrogens is 314 g/mol. The summed E-state index contributed by atoms with van der Waals surface area (Å²) in [5, 5.41) is 5.78. The molecule has 0 unspecified atom stereocenters. The minimum Gasteiger partial charge on any atom is -0.366 e. The first-order valence-corrected chi connectivity index (χ1v) is 7.62. The minimum atomic E-state index is -0.484. The van der Waals surface area contributed by atoms with Gasteiger partial charge in [-0.05, 0) is 35.6 Å². The Labute approximate surface area is 144 Å². The van der Waals surface area contributed by atoms with E-state index in [1.54, 1.807) is 43.9 Å². The lowest BCUT2D eigenvalue weighted by Gasteiger charge is -2.09. The Morgan fingerprint density at radius 2 is 2.20 bits per heavy atom. The molecule has 0 spiro atoms. The summed E-state index contributed by atoms with van der Waals surface area (Å²) in [7, 11) is 1.70. The summed E-state index contributed by atoms with van der Waals surface area (Å²) < 4.78 is 0. The number of carbonyl (C=O) groups excluding carboxylic acids is 1. The zero-order valence-corrected chi connectivity index (χ0v) is 13.7. The molecule has 0 saturated heterocycles. The number of rotatable bonds is 4. The van der Waals surface area contributed by atoms with Crippen LogP contribution in [0.1, 0.15) is 10.4 Å². The van der Waals surface area contributed by atoms with Crippen molar-refractivity contribution in [3.8, 4) is 0 Å². The van der Waals surface area contributed by atoms with E-state index >= 15 is 0 Å². The summed E-state index contributed by atoms with van der Waals surface area (Å²) in [6.45, 7) is 4.17. The number of amides is 1. The first-order valence-electron chi connectivity index (χ1n) is 7.62. The Balaban J connectivity index is 2.19. The van der Waals surface area contributed by atoms with Gasteiger partial charge in [0.25, 0.3) is 0 Å². The quantitative estimate of drug-likeness (QED) is 0.706. The second-order valence-corrected chi connectivity index (χ2v) is 5.39. The Bertz CT molecular complexity index is 1090. The Morgan fingerprint density at radius 3 is 2.96 bits per heavy atom. The second-order valence-electron chi connectivity index (χ2n) is 5.39. The van der Waals surface area contributed by atoms with E-state index in [9.17, 15) is 4.79 Å². The van der Waals surface area contributed by atoms with Crippen molar-refractivity contribution < 1.29 is 4.79 Å². The molecule has 0 atom stereocenters. The van der Waals surface area contributed by atoms with E-state index in [1.165, 1.54) is 0 Å². The molecule has 25 heavy (non-hydrogen) atoms. The van der Waals surface area contributed by atoms with E-state index in [1.807, 2.05) is 18.2 Å². The summed E-state index contributed by atoms with van der Waals surface area (Å²) in [6.07, 6.45) is 6.92. The van der Waals surface area contributed by atoms with Gasteiger partial charge in [-0.2, -0.15) is 0 Å². The Kier molecular flexibility index (Phi) is 4.52. The third-order valence-electron chi connectivity index (χ3n) is 3.74. The number of nitrogens with two attached hydrogens (primary N) is 1. The van der Waals surface area contributed by atoms with E-state index in [2.05, 4.69) is 26.9 Å². The number of benzene rings is 1. The summed E-state index contributed by atoms with van der Waals surface area (Å²) in [6, 6.07) is 8.81.